The summed E-state index contributed by atoms with van der Waals surface area (Å²) in [6.45, 7) is 7.36. The zero-order valence-corrected chi connectivity index (χ0v) is 17.5. The van der Waals surface area contributed by atoms with Gasteiger partial charge in [0.05, 0.1) is 18.3 Å². The molecule has 3 nitrogen and oxygen atoms in total. The van der Waals surface area contributed by atoms with E-state index in [4.69, 9.17) is 5.26 Å². The molecule has 4 saturated carbocycles. The first-order valence-corrected chi connectivity index (χ1v) is 11.5. The van der Waals surface area contributed by atoms with E-state index in [0.717, 1.165) is 32.1 Å². The number of nitrogens with zero attached hydrogens (tertiary/aromatic N) is 1. The summed E-state index contributed by atoms with van der Waals surface area (Å²) in [5.74, 6) is 3.55. The van der Waals surface area contributed by atoms with Crippen LogP contribution in [0.1, 0.15) is 85.0 Å². The molecule has 0 saturated heterocycles. The van der Waals surface area contributed by atoms with E-state index in [0.29, 0.717) is 52.8 Å². The van der Waals surface area contributed by atoms with Crippen LogP contribution in [0.2, 0.25) is 0 Å². The first-order chi connectivity index (χ1) is 12.8. The molecule has 0 aromatic heterocycles. The third kappa shape index (κ3) is 2.98. The molecule has 10 atom stereocenters. The van der Waals surface area contributed by atoms with Crippen molar-refractivity contribution in [1.82, 2.24) is 0 Å². The summed E-state index contributed by atoms with van der Waals surface area (Å²) in [6.07, 6.45) is 10.3. The summed E-state index contributed by atoms with van der Waals surface area (Å²) in [5, 5.41) is 30.4. The van der Waals surface area contributed by atoms with E-state index in [1.54, 1.807) is 0 Å². The average molecular weight is 374 g/mol. The zero-order valence-electron chi connectivity index (χ0n) is 17.5. The molecule has 4 fully saturated rings. The van der Waals surface area contributed by atoms with E-state index >= 15 is 0 Å². The maximum atomic E-state index is 11.2. The lowest BCUT2D eigenvalue weighted by Crippen LogP contribution is -2.58. The van der Waals surface area contributed by atoms with Crippen LogP contribution >= 0.6 is 0 Å². The van der Waals surface area contributed by atoms with Crippen LogP contribution in [0.3, 0.4) is 0 Å². The minimum atomic E-state index is -0.184. The Morgan fingerprint density at radius 1 is 1.00 bits per heavy atom. The molecular weight excluding hydrogens is 334 g/mol. The van der Waals surface area contributed by atoms with Crippen LogP contribution in [0.15, 0.2) is 0 Å². The Morgan fingerprint density at radius 3 is 2.44 bits per heavy atom. The minimum Gasteiger partial charge on any atom is -0.393 e. The largest absolute Gasteiger partial charge is 0.393 e. The molecule has 27 heavy (non-hydrogen) atoms. The van der Waals surface area contributed by atoms with Crippen LogP contribution in [-0.4, -0.2) is 22.4 Å². The van der Waals surface area contributed by atoms with Gasteiger partial charge < -0.3 is 10.2 Å². The first-order valence-electron chi connectivity index (χ1n) is 11.5. The number of rotatable bonds is 3. The predicted octanol–water partition coefficient (Wildman–Crippen LogP) is 4.92. The van der Waals surface area contributed by atoms with Gasteiger partial charge in [-0.2, -0.15) is 5.26 Å². The molecule has 0 bridgehead atoms. The number of hydrogen-bond donors (Lipinski definition) is 2. The number of fused-ring (bicyclic) bond motifs is 5. The van der Waals surface area contributed by atoms with Gasteiger partial charge in [0.25, 0.3) is 0 Å². The van der Waals surface area contributed by atoms with Crippen molar-refractivity contribution < 1.29 is 10.2 Å². The third-order valence-corrected chi connectivity index (χ3v) is 10.1. The van der Waals surface area contributed by atoms with Gasteiger partial charge >= 0.3 is 0 Å². The smallest absolute Gasteiger partial charge is 0.0621 e. The van der Waals surface area contributed by atoms with Crippen molar-refractivity contribution >= 4 is 0 Å². The Morgan fingerprint density at radius 2 is 1.70 bits per heavy atom. The van der Waals surface area contributed by atoms with Crippen molar-refractivity contribution in [3.05, 3.63) is 0 Å². The summed E-state index contributed by atoms with van der Waals surface area (Å²) in [7, 11) is 0. The zero-order chi connectivity index (χ0) is 19.4. The molecule has 4 rings (SSSR count). The molecule has 0 aliphatic heterocycles. The molecule has 4 aliphatic carbocycles. The fourth-order valence-corrected chi connectivity index (χ4v) is 8.67. The number of aliphatic hydroxyl groups excluding tert-OH is 2. The van der Waals surface area contributed by atoms with Crippen molar-refractivity contribution in [3.63, 3.8) is 0 Å². The van der Waals surface area contributed by atoms with E-state index in [1.807, 2.05) is 0 Å². The van der Waals surface area contributed by atoms with Crippen LogP contribution in [0.4, 0.5) is 0 Å². The van der Waals surface area contributed by atoms with Crippen molar-refractivity contribution in [2.75, 3.05) is 0 Å². The van der Waals surface area contributed by atoms with Gasteiger partial charge in [0.15, 0.2) is 0 Å². The van der Waals surface area contributed by atoms with Crippen LogP contribution in [0.25, 0.3) is 0 Å². The summed E-state index contributed by atoms with van der Waals surface area (Å²) in [6, 6.07) is 2.34. The molecule has 3 heteroatoms. The summed E-state index contributed by atoms with van der Waals surface area (Å²) in [5.41, 5.74) is 0.656. The minimum absolute atomic E-state index is 0.155. The van der Waals surface area contributed by atoms with Crippen LogP contribution < -0.4 is 0 Å². The van der Waals surface area contributed by atoms with Crippen molar-refractivity contribution in [2.45, 2.75) is 97.2 Å². The van der Waals surface area contributed by atoms with Gasteiger partial charge in [0.1, 0.15) is 0 Å². The van der Waals surface area contributed by atoms with Gasteiger partial charge in [-0.25, -0.2) is 0 Å². The highest BCUT2D eigenvalue weighted by atomic mass is 16.3. The first kappa shape index (κ1) is 19.7. The maximum Gasteiger partial charge on any atom is 0.0621 e. The second-order valence-corrected chi connectivity index (χ2v) is 11.1. The highest BCUT2D eigenvalue weighted by Crippen LogP contribution is 2.68. The Balaban J connectivity index is 1.58. The quantitative estimate of drug-likeness (QED) is 0.738. The average Bonchev–Trinajstić information content (AvgIpc) is 2.98. The predicted molar refractivity (Wildman–Crippen MR) is 107 cm³/mol. The second-order valence-electron chi connectivity index (χ2n) is 11.1. The number of nitriles is 1. The number of hydrogen-bond acceptors (Lipinski definition) is 3. The molecule has 152 valence electrons. The van der Waals surface area contributed by atoms with Crippen LogP contribution in [0.5, 0.6) is 0 Å². The van der Waals surface area contributed by atoms with Gasteiger partial charge in [0.2, 0.25) is 0 Å². The lowest BCUT2D eigenvalue weighted by Gasteiger charge is -2.62. The lowest BCUT2D eigenvalue weighted by molar-refractivity contribution is -0.174. The Bertz CT molecular complexity index is 600. The summed E-state index contributed by atoms with van der Waals surface area (Å²) >= 11 is 0. The molecule has 0 spiro atoms. The molecule has 2 N–H and O–H groups in total. The maximum absolute atomic E-state index is 11.2. The van der Waals surface area contributed by atoms with E-state index in [-0.39, 0.29) is 12.2 Å². The fourth-order valence-electron chi connectivity index (χ4n) is 8.67. The Kier molecular flexibility index (Phi) is 5.13. The highest BCUT2D eigenvalue weighted by molar-refractivity contribution is 5.11. The fraction of sp³-hybridized carbons (Fsp3) is 0.958. The van der Waals surface area contributed by atoms with Crippen molar-refractivity contribution in [3.8, 4) is 6.07 Å². The Hall–Kier alpha value is -0.590. The van der Waals surface area contributed by atoms with E-state index in [2.05, 4.69) is 26.8 Å². The number of aliphatic hydroxyl groups is 2. The van der Waals surface area contributed by atoms with Gasteiger partial charge in [0, 0.05) is 6.42 Å². The molecule has 0 aromatic rings. The standard InChI is InChI=1S/C24H39NO2/c1-15(5-4-12-25)18-6-7-19-22-20(9-11-24(18,19)3)23(2)10-8-17(26)13-16(23)14-21(22)27/h15-22,26-27H,4-11,13-14H2,1-3H3/t15-,16+,17-,18-,19+,20+,21-,22+,23+,24-/m1/s1. The summed E-state index contributed by atoms with van der Waals surface area (Å²) in [4.78, 5) is 0. The van der Waals surface area contributed by atoms with Crippen molar-refractivity contribution in [2.24, 2.45) is 46.3 Å². The summed E-state index contributed by atoms with van der Waals surface area (Å²) < 4.78 is 0. The van der Waals surface area contributed by atoms with Gasteiger partial charge in [-0.1, -0.05) is 20.8 Å². The van der Waals surface area contributed by atoms with Crippen LogP contribution in [-0.2, 0) is 0 Å². The second kappa shape index (κ2) is 7.03. The molecule has 0 amide bonds. The molecular formula is C24H39NO2. The highest BCUT2D eigenvalue weighted by Gasteiger charge is 2.62. The monoisotopic (exact) mass is 373 g/mol. The third-order valence-electron chi connectivity index (χ3n) is 10.1. The van der Waals surface area contributed by atoms with Crippen LogP contribution in [0, 0.1) is 57.7 Å². The normalized spacial score (nSPS) is 53.0. The molecule has 0 radical (unpaired) electrons. The van der Waals surface area contributed by atoms with Gasteiger partial charge in [-0.15, -0.1) is 0 Å². The molecule has 4 aliphatic rings. The van der Waals surface area contributed by atoms with E-state index in [9.17, 15) is 10.2 Å². The SMILES string of the molecule is C[C@H](CCC#N)[C@H]1CC[C@H]2[C@@H]3[C@H](O)C[C@@H]4C[C@H](O)CC[C@]4(C)[C@H]3CC[C@]12C. The van der Waals surface area contributed by atoms with E-state index in [1.165, 1.54) is 25.7 Å². The topological polar surface area (TPSA) is 64.2 Å². The van der Waals surface area contributed by atoms with Crippen molar-refractivity contribution in [1.29, 1.82) is 5.26 Å². The molecule has 0 heterocycles. The molecule has 0 aromatic carbocycles. The Labute approximate surface area is 165 Å². The molecule has 0 unspecified atom stereocenters. The van der Waals surface area contributed by atoms with Gasteiger partial charge in [-0.05, 0) is 104 Å². The van der Waals surface area contributed by atoms with E-state index < -0.39 is 0 Å². The lowest BCUT2D eigenvalue weighted by atomic mass is 9.43. The van der Waals surface area contributed by atoms with Gasteiger partial charge in [-0.3, -0.25) is 0 Å².